The molecule has 0 aromatic heterocycles. The zero-order valence-corrected chi connectivity index (χ0v) is 22.9. The Morgan fingerprint density at radius 3 is 2.48 bits per heavy atom. The number of hydrogen-bond acceptors (Lipinski definition) is 7. The molecule has 0 aliphatic carbocycles. The lowest BCUT2D eigenvalue weighted by molar-refractivity contribution is -0.137. The minimum Gasteiger partial charge on any atom is -0.497 e. The van der Waals surface area contributed by atoms with Crippen LogP contribution in [0.15, 0.2) is 71.6 Å². The predicted molar refractivity (Wildman–Crippen MR) is 152 cm³/mol. The maximum atomic E-state index is 13.2. The van der Waals surface area contributed by atoms with E-state index < -0.39 is 17.6 Å². The van der Waals surface area contributed by atoms with Crippen LogP contribution in [0.5, 0.6) is 17.2 Å². The first kappa shape index (κ1) is 29.0. The summed E-state index contributed by atoms with van der Waals surface area (Å²) >= 11 is 6.27. The zero-order chi connectivity index (χ0) is 28.9. The average molecular weight is 589 g/mol. The summed E-state index contributed by atoms with van der Waals surface area (Å²) in [5.74, 6) is 0.411. The van der Waals surface area contributed by atoms with E-state index in [1.807, 2.05) is 0 Å². The lowest BCUT2D eigenvalue weighted by atomic mass is 10.1. The van der Waals surface area contributed by atoms with Gasteiger partial charge in [-0.05, 0) is 73.2 Å². The second kappa shape index (κ2) is 12.4. The van der Waals surface area contributed by atoms with Gasteiger partial charge in [0, 0.05) is 5.69 Å². The van der Waals surface area contributed by atoms with Gasteiger partial charge in [0.05, 0.1) is 29.9 Å². The van der Waals surface area contributed by atoms with Gasteiger partial charge in [0.2, 0.25) is 0 Å². The lowest BCUT2D eigenvalue weighted by Gasteiger charge is -2.16. The first-order valence-electron chi connectivity index (χ1n) is 11.9. The number of hydrogen-bond donors (Lipinski definition) is 1. The summed E-state index contributed by atoms with van der Waals surface area (Å²) in [4.78, 5) is 26.7. The van der Waals surface area contributed by atoms with Crippen LogP contribution in [0.4, 0.5) is 24.5 Å². The van der Waals surface area contributed by atoms with Gasteiger partial charge in [-0.3, -0.25) is 14.5 Å². The van der Waals surface area contributed by atoms with Gasteiger partial charge in [0.25, 0.3) is 11.8 Å². The van der Waals surface area contributed by atoms with E-state index in [-0.39, 0.29) is 27.4 Å². The van der Waals surface area contributed by atoms with Crippen molar-refractivity contribution in [3.8, 4) is 17.2 Å². The van der Waals surface area contributed by atoms with Crippen molar-refractivity contribution in [1.29, 1.82) is 0 Å². The van der Waals surface area contributed by atoms with Crippen molar-refractivity contribution in [2.75, 3.05) is 30.5 Å². The summed E-state index contributed by atoms with van der Waals surface area (Å²) in [5, 5.41) is 2.72. The Bertz CT molecular complexity index is 1460. The third kappa shape index (κ3) is 6.93. The van der Waals surface area contributed by atoms with E-state index in [2.05, 4.69) is 5.32 Å². The summed E-state index contributed by atoms with van der Waals surface area (Å²) in [6.07, 6.45) is -2.99. The maximum absolute atomic E-state index is 13.2. The molecule has 208 valence electrons. The average Bonchev–Trinajstić information content (AvgIpc) is 3.20. The molecule has 0 saturated carbocycles. The van der Waals surface area contributed by atoms with Crippen LogP contribution in [0.25, 0.3) is 6.08 Å². The molecule has 1 aliphatic rings. The summed E-state index contributed by atoms with van der Waals surface area (Å²) in [6.45, 7) is 1.82. The van der Waals surface area contributed by atoms with Crippen molar-refractivity contribution in [3.05, 3.63) is 82.8 Å². The quantitative estimate of drug-likeness (QED) is 0.225. The van der Waals surface area contributed by atoms with E-state index in [4.69, 9.17) is 26.4 Å². The van der Waals surface area contributed by atoms with Gasteiger partial charge >= 0.3 is 6.18 Å². The lowest BCUT2D eigenvalue weighted by Crippen LogP contribution is -2.27. The molecule has 0 spiro atoms. The summed E-state index contributed by atoms with van der Waals surface area (Å²) in [6, 6.07) is 16.2. The van der Waals surface area contributed by atoms with Crippen LogP contribution in [0.2, 0.25) is 0 Å². The van der Waals surface area contributed by atoms with Crippen LogP contribution in [0, 0.1) is 0 Å². The predicted octanol–water partition coefficient (Wildman–Crippen LogP) is 6.54. The molecule has 1 fully saturated rings. The van der Waals surface area contributed by atoms with Crippen molar-refractivity contribution in [1.82, 2.24) is 0 Å². The molecule has 40 heavy (non-hydrogen) atoms. The van der Waals surface area contributed by atoms with E-state index in [9.17, 15) is 22.8 Å². The summed E-state index contributed by atoms with van der Waals surface area (Å²) in [5.41, 5.74) is 0.310. The van der Waals surface area contributed by atoms with E-state index in [1.165, 1.54) is 12.1 Å². The van der Waals surface area contributed by atoms with Crippen molar-refractivity contribution in [2.24, 2.45) is 0 Å². The second-order valence-electron chi connectivity index (χ2n) is 8.27. The highest BCUT2D eigenvalue weighted by Crippen LogP contribution is 2.39. The van der Waals surface area contributed by atoms with Gasteiger partial charge < -0.3 is 19.5 Å². The number of rotatable bonds is 9. The summed E-state index contributed by atoms with van der Waals surface area (Å²) in [7, 11) is 1.55. The van der Waals surface area contributed by atoms with Crippen LogP contribution in [-0.4, -0.2) is 36.5 Å². The minimum absolute atomic E-state index is 0.0346. The number of nitrogens with one attached hydrogen (secondary N) is 1. The van der Waals surface area contributed by atoms with Gasteiger partial charge in [-0.2, -0.15) is 13.2 Å². The fourth-order valence-electron chi connectivity index (χ4n) is 3.68. The highest BCUT2D eigenvalue weighted by molar-refractivity contribution is 8.27. The Kier molecular flexibility index (Phi) is 9.00. The Hall–Kier alpha value is -4.03. The third-order valence-corrected chi connectivity index (χ3v) is 6.83. The van der Waals surface area contributed by atoms with Crippen LogP contribution < -0.4 is 24.4 Å². The minimum atomic E-state index is -4.55. The summed E-state index contributed by atoms with van der Waals surface area (Å²) < 4.78 is 56.1. The van der Waals surface area contributed by atoms with E-state index in [0.29, 0.717) is 35.1 Å². The van der Waals surface area contributed by atoms with Crippen LogP contribution in [0.1, 0.15) is 18.1 Å². The monoisotopic (exact) mass is 588 g/mol. The Balaban J connectivity index is 1.47. The molecule has 3 aromatic carbocycles. The zero-order valence-electron chi connectivity index (χ0n) is 21.3. The van der Waals surface area contributed by atoms with Crippen molar-refractivity contribution in [3.63, 3.8) is 0 Å². The molecule has 7 nitrogen and oxygen atoms in total. The number of thioether (sulfide) groups is 1. The standard InChI is InChI=1S/C28H23F3N2O5S2/c1-3-37-23-13-17(7-12-22(23)38-16-25(34)32-19-8-10-21(36-2)11-9-19)14-24-26(35)33(27(39)40-24)20-6-4-5-18(15-20)28(29,30)31/h4-15H,3,16H2,1-2H3,(H,32,34)/b24-14-. The number of thiocarbonyl (C=S) groups is 1. The number of halogens is 3. The Labute approximate surface area is 237 Å². The van der Waals surface area contributed by atoms with Crippen LogP contribution >= 0.6 is 24.0 Å². The van der Waals surface area contributed by atoms with Gasteiger partial charge in [0.15, 0.2) is 22.4 Å². The molecule has 1 N–H and O–H groups in total. The number of ether oxygens (including phenoxy) is 3. The van der Waals surface area contributed by atoms with E-state index >= 15 is 0 Å². The number of anilines is 2. The number of nitrogens with zero attached hydrogens (tertiary/aromatic N) is 1. The highest BCUT2D eigenvalue weighted by atomic mass is 32.2. The highest BCUT2D eigenvalue weighted by Gasteiger charge is 2.36. The molecule has 1 heterocycles. The van der Waals surface area contributed by atoms with Crippen LogP contribution in [0.3, 0.4) is 0 Å². The molecule has 2 amide bonds. The molecule has 1 saturated heterocycles. The van der Waals surface area contributed by atoms with E-state index in [1.54, 1.807) is 62.6 Å². The van der Waals surface area contributed by atoms with Crippen molar-refractivity contribution in [2.45, 2.75) is 13.1 Å². The number of carbonyl (C=O) groups is 2. The van der Waals surface area contributed by atoms with E-state index in [0.717, 1.165) is 28.8 Å². The molecule has 4 rings (SSSR count). The molecule has 0 unspecified atom stereocenters. The van der Waals surface area contributed by atoms with Crippen LogP contribution in [-0.2, 0) is 15.8 Å². The van der Waals surface area contributed by atoms with Gasteiger partial charge in [-0.15, -0.1) is 0 Å². The van der Waals surface area contributed by atoms with Gasteiger partial charge in [0.1, 0.15) is 5.75 Å². The molecule has 1 aliphatic heterocycles. The van der Waals surface area contributed by atoms with Gasteiger partial charge in [-0.1, -0.05) is 36.1 Å². The first-order chi connectivity index (χ1) is 19.1. The van der Waals surface area contributed by atoms with Crippen molar-refractivity contribution >= 4 is 57.6 Å². The number of carbonyl (C=O) groups excluding carboxylic acids is 2. The topological polar surface area (TPSA) is 77.1 Å². The Morgan fingerprint density at radius 2 is 1.80 bits per heavy atom. The number of alkyl halides is 3. The SMILES string of the molecule is CCOc1cc(/C=C2\SC(=S)N(c3cccc(C(F)(F)F)c3)C2=O)ccc1OCC(=O)Nc1ccc(OC)cc1. The molecule has 12 heteroatoms. The fourth-order valence-corrected chi connectivity index (χ4v) is 4.98. The molecule has 0 bridgehead atoms. The molecular formula is C28H23F3N2O5S2. The number of benzene rings is 3. The molecular weight excluding hydrogens is 565 g/mol. The second-order valence-corrected chi connectivity index (χ2v) is 9.95. The molecule has 3 aromatic rings. The maximum Gasteiger partial charge on any atom is 0.416 e. The third-order valence-electron chi connectivity index (χ3n) is 5.52. The number of amides is 2. The normalized spacial score (nSPS) is 14.4. The fraction of sp³-hybridized carbons (Fsp3) is 0.179. The first-order valence-corrected chi connectivity index (χ1v) is 13.1. The molecule has 0 atom stereocenters. The Morgan fingerprint density at radius 1 is 1.05 bits per heavy atom. The van der Waals surface area contributed by atoms with Gasteiger partial charge in [-0.25, -0.2) is 0 Å². The number of methoxy groups -OCH3 is 1. The molecule has 0 radical (unpaired) electrons. The smallest absolute Gasteiger partial charge is 0.416 e. The van der Waals surface area contributed by atoms with Crippen molar-refractivity contribution < 1.29 is 37.0 Å². The largest absolute Gasteiger partial charge is 0.497 e.